The Kier molecular flexibility index (Phi) is 5.14. The first-order valence-corrected chi connectivity index (χ1v) is 6.89. The minimum absolute atomic E-state index is 0.483. The van der Waals surface area contributed by atoms with Crippen molar-refractivity contribution < 1.29 is 14.2 Å². The highest BCUT2D eigenvalue weighted by atomic mass is 35.5. The van der Waals surface area contributed by atoms with E-state index in [0.717, 1.165) is 36.7 Å². The Morgan fingerprint density at radius 1 is 1.33 bits per heavy atom. The molecule has 1 aliphatic heterocycles. The summed E-state index contributed by atoms with van der Waals surface area (Å²) in [6.45, 7) is 4.90. The van der Waals surface area contributed by atoms with E-state index >= 15 is 0 Å². The van der Waals surface area contributed by atoms with Crippen molar-refractivity contribution >= 4 is 11.6 Å². The number of halogens is 1. The molecule has 0 radical (unpaired) electrons. The predicted octanol–water partition coefficient (Wildman–Crippen LogP) is 3.24. The molecule has 0 spiro atoms. The summed E-state index contributed by atoms with van der Waals surface area (Å²) in [5.74, 6) is 2.54. The fraction of sp³-hybridized carbons (Fsp3) is 0.571. The van der Waals surface area contributed by atoms with Gasteiger partial charge in [-0.1, -0.05) is 6.07 Å². The van der Waals surface area contributed by atoms with Gasteiger partial charge in [0.05, 0.1) is 19.8 Å². The van der Waals surface area contributed by atoms with Crippen molar-refractivity contribution in [2.45, 2.75) is 19.2 Å². The zero-order valence-corrected chi connectivity index (χ0v) is 11.4. The van der Waals surface area contributed by atoms with Gasteiger partial charge in [-0.15, -0.1) is 11.6 Å². The van der Waals surface area contributed by atoms with E-state index in [1.54, 1.807) is 0 Å². The molecule has 1 aliphatic rings. The van der Waals surface area contributed by atoms with Gasteiger partial charge in [-0.05, 0) is 31.0 Å². The minimum Gasteiger partial charge on any atom is -0.490 e. The summed E-state index contributed by atoms with van der Waals surface area (Å²) in [6, 6.07) is 5.84. The van der Waals surface area contributed by atoms with Crippen molar-refractivity contribution in [2.75, 3.05) is 26.4 Å². The van der Waals surface area contributed by atoms with Crippen LogP contribution < -0.4 is 9.47 Å². The maximum absolute atomic E-state index is 5.83. The largest absolute Gasteiger partial charge is 0.490 e. The molecule has 1 aromatic carbocycles. The molecule has 3 nitrogen and oxygen atoms in total. The second-order valence-electron chi connectivity index (χ2n) is 4.39. The van der Waals surface area contributed by atoms with Gasteiger partial charge in [-0.25, -0.2) is 0 Å². The lowest BCUT2D eigenvalue weighted by Gasteiger charge is -2.14. The molecule has 0 aliphatic carbocycles. The maximum atomic E-state index is 5.83. The van der Waals surface area contributed by atoms with Crippen molar-refractivity contribution in [3.8, 4) is 11.5 Å². The molecule has 1 atom stereocenters. The van der Waals surface area contributed by atoms with Gasteiger partial charge >= 0.3 is 0 Å². The summed E-state index contributed by atoms with van der Waals surface area (Å²) < 4.78 is 16.7. The molecular weight excluding hydrogens is 252 g/mol. The molecule has 0 aromatic heterocycles. The Labute approximate surface area is 113 Å². The van der Waals surface area contributed by atoms with Gasteiger partial charge in [0.15, 0.2) is 11.5 Å². The molecule has 1 saturated heterocycles. The van der Waals surface area contributed by atoms with Gasteiger partial charge in [0.25, 0.3) is 0 Å². The van der Waals surface area contributed by atoms with Gasteiger partial charge in [-0.3, -0.25) is 0 Å². The highest BCUT2D eigenvalue weighted by molar-refractivity contribution is 6.17. The van der Waals surface area contributed by atoms with Crippen LogP contribution >= 0.6 is 11.6 Å². The maximum Gasteiger partial charge on any atom is 0.161 e. The van der Waals surface area contributed by atoms with Crippen LogP contribution in [0.5, 0.6) is 11.5 Å². The lowest BCUT2D eigenvalue weighted by molar-refractivity contribution is 0.165. The van der Waals surface area contributed by atoms with Gasteiger partial charge in [0.2, 0.25) is 0 Å². The van der Waals surface area contributed by atoms with E-state index in [1.807, 2.05) is 25.1 Å². The van der Waals surface area contributed by atoms with Crippen LogP contribution in [-0.2, 0) is 10.6 Å². The molecule has 18 heavy (non-hydrogen) atoms. The molecule has 0 bridgehead atoms. The molecule has 1 aromatic rings. The molecule has 2 rings (SSSR count). The van der Waals surface area contributed by atoms with Gasteiger partial charge in [-0.2, -0.15) is 0 Å². The summed E-state index contributed by atoms with van der Waals surface area (Å²) in [5.41, 5.74) is 1.04. The molecule has 0 amide bonds. The first-order valence-electron chi connectivity index (χ1n) is 6.35. The van der Waals surface area contributed by atoms with Crippen LogP contribution in [0.15, 0.2) is 18.2 Å². The Morgan fingerprint density at radius 3 is 2.89 bits per heavy atom. The van der Waals surface area contributed by atoms with Crippen molar-refractivity contribution in [3.63, 3.8) is 0 Å². The molecular formula is C14H19ClO3. The molecule has 1 unspecified atom stereocenters. The number of hydrogen-bond donors (Lipinski definition) is 0. The SMILES string of the molecule is CCOc1cc(CCl)ccc1OCC1CCOC1. The third-order valence-corrected chi connectivity index (χ3v) is 3.27. The van der Waals surface area contributed by atoms with Crippen molar-refractivity contribution in [3.05, 3.63) is 23.8 Å². The smallest absolute Gasteiger partial charge is 0.161 e. The Hall–Kier alpha value is -0.930. The van der Waals surface area contributed by atoms with E-state index in [0.29, 0.717) is 25.0 Å². The van der Waals surface area contributed by atoms with Crippen LogP contribution in [0, 0.1) is 5.92 Å². The highest BCUT2D eigenvalue weighted by Crippen LogP contribution is 2.30. The fourth-order valence-corrected chi connectivity index (χ4v) is 2.11. The first-order chi connectivity index (χ1) is 8.83. The van der Waals surface area contributed by atoms with E-state index in [-0.39, 0.29) is 0 Å². The number of rotatable bonds is 6. The second-order valence-corrected chi connectivity index (χ2v) is 4.66. The molecule has 1 fully saturated rings. The Balaban J connectivity index is 2.00. The Morgan fingerprint density at radius 2 is 2.22 bits per heavy atom. The molecule has 100 valence electrons. The molecule has 1 heterocycles. The monoisotopic (exact) mass is 270 g/mol. The average molecular weight is 271 g/mol. The quantitative estimate of drug-likeness (QED) is 0.743. The van der Waals surface area contributed by atoms with Crippen molar-refractivity contribution in [1.82, 2.24) is 0 Å². The fourth-order valence-electron chi connectivity index (χ4n) is 1.95. The van der Waals surface area contributed by atoms with Crippen LogP contribution in [0.25, 0.3) is 0 Å². The third kappa shape index (κ3) is 3.53. The predicted molar refractivity (Wildman–Crippen MR) is 71.6 cm³/mol. The minimum atomic E-state index is 0.483. The molecule has 0 saturated carbocycles. The van der Waals surface area contributed by atoms with Crippen molar-refractivity contribution in [1.29, 1.82) is 0 Å². The van der Waals surface area contributed by atoms with E-state index in [1.165, 1.54) is 0 Å². The molecule has 0 N–H and O–H groups in total. The summed E-state index contributed by atoms with van der Waals surface area (Å²) in [5, 5.41) is 0. The van der Waals surface area contributed by atoms with Crippen LogP contribution in [0.1, 0.15) is 18.9 Å². The standard InChI is InChI=1S/C14H19ClO3/c1-2-17-14-7-11(8-15)3-4-13(14)18-10-12-5-6-16-9-12/h3-4,7,12H,2,5-6,8-10H2,1H3. The van der Waals surface area contributed by atoms with Crippen LogP contribution in [0.4, 0.5) is 0 Å². The van der Waals surface area contributed by atoms with Gasteiger partial charge in [0, 0.05) is 18.4 Å². The topological polar surface area (TPSA) is 27.7 Å². The zero-order chi connectivity index (χ0) is 12.8. The van der Waals surface area contributed by atoms with E-state index in [9.17, 15) is 0 Å². The average Bonchev–Trinajstić information content (AvgIpc) is 2.90. The summed E-state index contributed by atoms with van der Waals surface area (Å²) >= 11 is 5.82. The van der Waals surface area contributed by atoms with Gasteiger partial charge < -0.3 is 14.2 Å². The lowest BCUT2D eigenvalue weighted by atomic mass is 10.1. The molecule has 4 heteroatoms. The number of alkyl halides is 1. The first kappa shape index (κ1) is 13.5. The summed E-state index contributed by atoms with van der Waals surface area (Å²) in [6.07, 6.45) is 1.07. The number of hydrogen-bond acceptors (Lipinski definition) is 3. The highest BCUT2D eigenvalue weighted by Gasteiger charge is 2.17. The van der Waals surface area contributed by atoms with E-state index in [2.05, 4.69) is 0 Å². The second kappa shape index (κ2) is 6.86. The normalized spacial score (nSPS) is 18.9. The van der Waals surface area contributed by atoms with Crippen LogP contribution in [-0.4, -0.2) is 26.4 Å². The summed E-state index contributed by atoms with van der Waals surface area (Å²) in [4.78, 5) is 0. The lowest BCUT2D eigenvalue weighted by Crippen LogP contribution is -2.12. The zero-order valence-electron chi connectivity index (χ0n) is 10.7. The van der Waals surface area contributed by atoms with Crippen molar-refractivity contribution in [2.24, 2.45) is 5.92 Å². The van der Waals surface area contributed by atoms with E-state index in [4.69, 9.17) is 25.8 Å². The van der Waals surface area contributed by atoms with E-state index < -0.39 is 0 Å². The third-order valence-electron chi connectivity index (χ3n) is 2.96. The Bertz CT molecular complexity index is 375. The summed E-state index contributed by atoms with van der Waals surface area (Å²) in [7, 11) is 0. The number of ether oxygens (including phenoxy) is 3. The van der Waals surface area contributed by atoms with Crippen LogP contribution in [0.3, 0.4) is 0 Å². The van der Waals surface area contributed by atoms with Gasteiger partial charge in [0.1, 0.15) is 0 Å². The number of benzene rings is 1. The van der Waals surface area contributed by atoms with Crippen LogP contribution in [0.2, 0.25) is 0 Å².